The summed E-state index contributed by atoms with van der Waals surface area (Å²) in [6.45, 7) is 0.869. The summed E-state index contributed by atoms with van der Waals surface area (Å²) in [4.78, 5) is 3.33. The van der Waals surface area contributed by atoms with Gasteiger partial charge in [-0.25, -0.2) is 0 Å². The van der Waals surface area contributed by atoms with Crippen LogP contribution < -0.4 is 5.32 Å². The third kappa shape index (κ3) is 2.28. The Labute approximate surface area is 85.5 Å². The summed E-state index contributed by atoms with van der Waals surface area (Å²) in [7, 11) is 0. The van der Waals surface area contributed by atoms with Crippen LogP contribution in [-0.2, 0) is 6.18 Å². The number of nitrogens with one attached hydrogen (secondary N) is 1. The van der Waals surface area contributed by atoms with Crippen LogP contribution in [0.15, 0.2) is 18.3 Å². The maximum Gasteiger partial charge on any atom is 0.433 e. The summed E-state index contributed by atoms with van der Waals surface area (Å²) in [5.41, 5.74) is -0.136. The lowest BCUT2D eigenvalue weighted by molar-refractivity contribution is -0.141. The Morgan fingerprint density at radius 3 is 2.80 bits per heavy atom. The molecule has 0 radical (unpaired) electrons. The van der Waals surface area contributed by atoms with Gasteiger partial charge < -0.3 is 5.32 Å². The van der Waals surface area contributed by atoms with Crippen molar-refractivity contribution in [3.05, 3.63) is 29.6 Å². The Morgan fingerprint density at radius 2 is 2.20 bits per heavy atom. The van der Waals surface area contributed by atoms with Gasteiger partial charge in [-0.15, -0.1) is 0 Å². The average molecular weight is 216 g/mol. The highest BCUT2D eigenvalue weighted by molar-refractivity contribution is 5.22. The second-order valence-corrected chi connectivity index (χ2v) is 3.62. The molecule has 0 aromatic carbocycles. The molecule has 2 rings (SSSR count). The van der Waals surface area contributed by atoms with Crippen molar-refractivity contribution in [2.45, 2.75) is 25.1 Å². The highest BCUT2D eigenvalue weighted by Gasteiger charge is 2.33. The van der Waals surface area contributed by atoms with Crippen LogP contribution in [-0.4, -0.2) is 11.5 Å². The van der Waals surface area contributed by atoms with E-state index in [2.05, 4.69) is 10.3 Å². The molecule has 15 heavy (non-hydrogen) atoms. The van der Waals surface area contributed by atoms with Gasteiger partial charge in [0, 0.05) is 12.2 Å². The molecule has 0 aliphatic carbocycles. The SMILES string of the molecule is FC(F)(F)c1cc([C@H]2CCCN2)ccn1. The number of alkyl halides is 3. The molecule has 1 atom stereocenters. The highest BCUT2D eigenvalue weighted by Crippen LogP contribution is 2.30. The zero-order valence-electron chi connectivity index (χ0n) is 8.01. The maximum atomic E-state index is 12.4. The molecule has 0 unspecified atom stereocenters. The Morgan fingerprint density at radius 1 is 1.40 bits per heavy atom. The van der Waals surface area contributed by atoms with Crippen molar-refractivity contribution in [2.24, 2.45) is 0 Å². The van der Waals surface area contributed by atoms with Crippen molar-refractivity contribution in [2.75, 3.05) is 6.54 Å². The third-order valence-electron chi connectivity index (χ3n) is 2.54. The summed E-state index contributed by atoms with van der Waals surface area (Å²) < 4.78 is 37.1. The van der Waals surface area contributed by atoms with E-state index in [1.807, 2.05) is 0 Å². The maximum absolute atomic E-state index is 12.4. The molecule has 1 aliphatic rings. The second kappa shape index (κ2) is 3.81. The topological polar surface area (TPSA) is 24.9 Å². The molecule has 1 saturated heterocycles. The summed E-state index contributed by atoms with van der Waals surface area (Å²) in [6, 6.07) is 2.82. The van der Waals surface area contributed by atoms with Gasteiger partial charge in [0.05, 0.1) is 0 Å². The van der Waals surface area contributed by atoms with E-state index in [0.717, 1.165) is 25.5 Å². The molecule has 1 aliphatic heterocycles. The first kappa shape index (κ1) is 10.4. The first-order valence-corrected chi connectivity index (χ1v) is 4.84. The predicted molar refractivity (Wildman–Crippen MR) is 49.2 cm³/mol. The zero-order valence-corrected chi connectivity index (χ0v) is 8.01. The first-order chi connectivity index (χ1) is 7.07. The van der Waals surface area contributed by atoms with Crippen LogP contribution in [0.25, 0.3) is 0 Å². The van der Waals surface area contributed by atoms with E-state index >= 15 is 0 Å². The smallest absolute Gasteiger partial charge is 0.310 e. The molecule has 0 amide bonds. The number of hydrogen-bond donors (Lipinski definition) is 1. The van der Waals surface area contributed by atoms with Crippen LogP contribution in [0.4, 0.5) is 13.2 Å². The van der Waals surface area contributed by atoms with E-state index in [0.29, 0.717) is 5.56 Å². The fourth-order valence-electron chi connectivity index (χ4n) is 1.79. The van der Waals surface area contributed by atoms with Crippen molar-refractivity contribution >= 4 is 0 Å². The predicted octanol–water partition coefficient (Wildman–Crippen LogP) is 2.52. The standard InChI is InChI=1S/C10H11F3N2/c11-10(12,13)9-6-7(3-5-15-9)8-2-1-4-14-8/h3,5-6,8,14H,1-2,4H2/t8-/m1/s1. The van der Waals surface area contributed by atoms with Gasteiger partial charge >= 0.3 is 6.18 Å². The molecule has 5 heteroatoms. The molecule has 2 heterocycles. The summed E-state index contributed by atoms with van der Waals surface area (Å²) in [6.07, 6.45) is -1.23. The van der Waals surface area contributed by atoms with E-state index in [1.165, 1.54) is 6.20 Å². The van der Waals surface area contributed by atoms with Gasteiger partial charge in [0.25, 0.3) is 0 Å². The zero-order chi connectivity index (χ0) is 10.9. The molecule has 0 saturated carbocycles. The number of nitrogens with zero attached hydrogens (tertiary/aromatic N) is 1. The second-order valence-electron chi connectivity index (χ2n) is 3.62. The molecule has 1 aromatic heterocycles. The molecule has 2 nitrogen and oxygen atoms in total. The Bertz CT molecular complexity index is 343. The van der Waals surface area contributed by atoms with Crippen LogP contribution in [0.3, 0.4) is 0 Å². The van der Waals surface area contributed by atoms with Crippen molar-refractivity contribution < 1.29 is 13.2 Å². The Kier molecular flexibility index (Phi) is 2.65. The van der Waals surface area contributed by atoms with Crippen LogP contribution >= 0.6 is 0 Å². The highest BCUT2D eigenvalue weighted by atomic mass is 19.4. The Hall–Kier alpha value is -1.10. The number of hydrogen-bond acceptors (Lipinski definition) is 2. The van der Waals surface area contributed by atoms with Crippen molar-refractivity contribution in [1.29, 1.82) is 0 Å². The molecule has 0 spiro atoms. The molecular weight excluding hydrogens is 205 g/mol. The van der Waals surface area contributed by atoms with Gasteiger partial charge in [0.2, 0.25) is 0 Å². The largest absolute Gasteiger partial charge is 0.433 e. The van der Waals surface area contributed by atoms with Crippen molar-refractivity contribution in [3.8, 4) is 0 Å². The normalized spacial score (nSPS) is 21.9. The molecule has 1 aromatic rings. The van der Waals surface area contributed by atoms with Gasteiger partial charge in [-0.2, -0.15) is 13.2 Å². The van der Waals surface area contributed by atoms with E-state index in [-0.39, 0.29) is 6.04 Å². The molecular formula is C10H11F3N2. The fourth-order valence-corrected chi connectivity index (χ4v) is 1.79. The van der Waals surface area contributed by atoms with Gasteiger partial charge in [-0.3, -0.25) is 4.98 Å². The minimum Gasteiger partial charge on any atom is -0.310 e. The van der Waals surface area contributed by atoms with Gasteiger partial charge in [0.1, 0.15) is 5.69 Å². The van der Waals surface area contributed by atoms with E-state index in [1.54, 1.807) is 6.07 Å². The lowest BCUT2D eigenvalue weighted by atomic mass is 10.1. The lowest BCUT2D eigenvalue weighted by Gasteiger charge is -2.12. The van der Waals surface area contributed by atoms with Gasteiger partial charge in [-0.1, -0.05) is 0 Å². The summed E-state index contributed by atoms with van der Waals surface area (Å²) in [5, 5.41) is 3.16. The van der Waals surface area contributed by atoms with Crippen LogP contribution in [0.2, 0.25) is 0 Å². The Balaban J connectivity index is 2.26. The van der Waals surface area contributed by atoms with Crippen LogP contribution in [0, 0.1) is 0 Å². The van der Waals surface area contributed by atoms with E-state index in [9.17, 15) is 13.2 Å². The monoisotopic (exact) mass is 216 g/mol. The minimum atomic E-state index is -4.35. The number of halogens is 3. The summed E-state index contributed by atoms with van der Waals surface area (Å²) in [5.74, 6) is 0. The molecule has 1 N–H and O–H groups in total. The number of rotatable bonds is 1. The van der Waals surface area contributed by atoms with Crippen LogP contribution in [0.5, 0.6) is 0 Å². The van der Waals surface area contributed by atoms with Gasteiger partial charge in [0.15, 0.2) is 0 Å². The minimum absolute atomic E-state index is 0.0501. The molecule has 0 bridgehead atoms. The van der Waals surface area contributed by atoms with Gasteiger partial charge in [-0.05, 0) is 37.1 Å². The molecule has 1 fully saturated rings. The molecule has 82 valence electrons. The van der Waals surface area contributed by atoms with Crippen molar-refractivity contribution in [1.82, 2.24) is 10.3 Å². The van der Waals surface area contributed by atoms with E-state index in [4.69, 9.17) is 0 Å². The lowest BCUT2D eigenvalue weighted by Crippen LogP contribution is -2.15. The third-order valence-corrected chi connectivity index (χ3v) is 2.54. The quantitative estimate of drug-likeness (QED) is 0.780. The van der Waals surface area contributed by atoms with Crippen molar-refractivity contribution in [3.63, 3.8) is 0 Å². The average Bonchev–Trinajstić information content (AvgIpc) is 2.69. The number of pyridine rings is 1. The van der Waals surface area contributed by atoms with E-state index < -0.39 is 11.9 Å². The first-order valence-electron chi connectivity index (χ1n) is 4.84. The summed E-state index contributed by atoms with van der Waals surface area (Å²) >= 11 is 0. The number of aromatic nitrogens is 1. The fraction of sp³-hybridized carbons (Fsp3) is 0.500. The van der Waals surface area contributed by atoms with Crippen LogP contribution in [0.1, 0.15) is 30.1 Å².